The number of aromatic hydroxyl groups is 1. The van der Waals surface area contributed by atoms with Crippen molar-refractivity contribution in [2.45, 2.75) is 25.3 Å². The molecule has 3 nitrogen and oxygen atoms in total. The second kappa shape index (κ2) is 6.19. The lowest BCUT2D eigenvalue weighted by atomic mass is 10.1. The van der Waals surface area contributed by atoms with E-state index in [1.807, 2.05) is 24.3 Å². The van der Waals surface area contributed by atoms with Crippen molar-refractivity contribution in [2.75, 3.05) is 13.7 Å². The molecule has 0 saturated carbocycles. The van der Waals surface area contributed by atoms with Crippen LogP contribution in [0.2, 0.25) is 0 Å². The fourth-order valence-electron chi connectivity index (χ4n) is 3.03. The van der Waals surface area contributed by atoms with Gasteiger partial charge in [0.1, 0.15) is 11.5 Å². The van der Waals surface area contributed by atoms with Crippen LogP contribution in [-0.2, 0) is 12.8 Å². The van der Waals surface area contributed by atoms with Crippen molar-refractivity contribution >= 4 is 0 Å². The van der Waals surface area contributed by atoms with Gasteiger partial charge >= 0.3 is 0 Å². The summed E-state index contributed by atoms with van der Waals surface area (Å²) < 4.78 is 5.25. The molecule has 21 heavy (non-hydrogen) atoms. The van der Waals surface area contributed by atoms with Crippen LogP contribution < -0.4 is 10.1 Å². The largest absolute Gasteiger partial charge is 0.508 e. The predicted molar refractivity (Wildman–Crippen MR) is 83.9 cm³/mol. The first-order valence-corrected chi connectivity index (χ1v) is 7.44. The van der Waals surface area contributed by atoms with Crippen LogP contribution in [0.5, 0.6) is 11.5 Å². The normalized spacial score (nSPS) is 16.7. The summed E-state index contributed by atoms with van der Waals surface area (Å²) >= 11 is 0. The number of rotatable bonds is 5. The van der Waals surface area contributed by atoms with E-state index in [0.717, 1.165) is 31.6 Å². The second-order valence-corrected chi connectivity index (χ2v) is 5.53. The van der Waals surface area contributed by atoms with Gasteiger partial charge in [0.05, 0.1) is 7.11 Å². The second-order valence-electron chi connectivity index (χ2n) is 5.53. The monoisotopic (exact) mass is 283 g/mol. The lowest BCUT2D eigenvalue weighted by Gasteiger charge is -2.14. The van der Waals surface area contributed by atoms with E-state index in [1.54, 1.807) is 13.2 Å². The maximum absolute atomic E-state index is 9.52. The molecule has 0 saturated heterocycles. The van der Waals surface area contributed by atoms with Gasteiger partial charge in [-0.2, -0.15) is 0 Å². The molecular formula is C18H21NO2. The molecular weight excluding hydrogens is 262 g/mol. The van der Waals surface area contributed by atoms with Gasteiger partial charge in [-0.3, -0.25) is 0 Å². The SMILES string of the molecule is COc1cccc(CCNC2CCc3cc(O)ccc32)c1. The molecule has 1 aliphatic rings. The molecule has 3 rings (SSSR count). The molecule has 0 bridgehead atoms. The van der Waals surface area contributed by atoms with Crippen LogP contribution in [0.15, 0.2) is 42.5 Å². The third-order valence-corrected chi connectivity index (χ3v) is 4.14. The molecule has 0 radical (unpaired) electrons. The van der Waals surface area contributed by atoms with Crippen molar-refractivity contribution in [1.29, 1.82) is 0 Å². The van der Waals surface area contributed by atoms with Gasteiger partial charge in [0.15, 0.2) is 0 Å². The fraction of sp³-hybridized carbons (Fsp3) is 0.333. The van der Waals surface area contributed by atoms with Gasteiger partial charge in [-0.25, -0.2) is 0 Å². The highest BCUT2D eigenvalue weighted by atomic mass is 16.5. The van der Waals surface area contributed by atoms with E-state index in [0.29, 0.717) is 11.8 Å². The van der Waals surface area contributed by atoms with Crippen molar-refractivity contribution in [3.8, 4) is 11.5 Å². The van der Waals surface area contributed by atoms with Crippen molar-refractivity contribution in [3.63, 3.8) is 0 Å². The highest BCUT2D eigenvalue weighted by Crippen LogP contribution is 2.33. The minimum absolute atomic E-state index is 0.366. The van der Waals surface area contributed by atoms with E-state index in [4.69, 9.17) is 4.74 Å². The number of aryl methyl sites for hydroxylation is 1. The van der Waals surface area contributed by atoms with E-state index in [2.05, 4.69) is 17.4 Å². The van der Waals surface area contributed by atoms with Crippen LogP contribution in [0, 0.1) is 0 Å². The molecule has 1 atom stereocenters. The van der Waals surface area contributed by atoms with Crippen molar-refractivity contribution in [3.05, 3.63) is 59.2 Å². The summed E-state index contributed by atoms with van der Waals surface area (Å²) in [5.74, 6) is 1.28. The average molecular weight is 283 g/mol. The Kier molecular flexibility index (Phi) is 4.11. The van der Waals surface area contributed by atoms with Crippen molar-refractivity contribution in [2.24, 2.45) is 0 Å². The van der Waals surface area contributed by atoms with Crippen molar-refractivity contribution in [1.82, 2.24) is 5.32 Å². The van der Waals surface area contributed by atoms with Gasteiger partial charge in [-0.15, -0.1) is 0 Å². The van der Waals surface area contributed by atoms with Gasteiger partial charge in [0.25, 0.3) is 0 Å². The van der Waals surface area contributed by atoms with E-state index in [1.165, 1.54) is 16.7 Å². The predicted octanol–water partition coefficient (Wildman–Crippen LogP) is 3.22. The minimum Gasteiger partial charge on any atom is -0.508 e. The van der Waals surface area contributed by atoms with Gasteiger partial charge in [0.2, 0.25) is 0 Å². The number of benzene rings is 2. The van der Waals surface area contributed by atoms with Crippen LogP contribution in [0.3, 0.4) is 0 Å². The summed E-state index contributed by atoms with van der Waals surface area (Å²) in [5.41, 5.74) is 3.89. The van der Waals surface area contributed by atoms with Crippen LogP contribution in [-0.4, -0.2) is 18.8 Å². The molecule has 110 valence electrons. The molecule has 3 heteroatoms. The Bertz CT molecular complexity index is 624. The topological polar surface area (TPSA) is 41.5 Å². The van der Waals surface area contributed by atoms with Gasteiger partial charge in [-0.1, -0.05) is 18.2 Å². The Labute approximate surface area is 125 Å². The number of methoxy groups -OCH3 is 1. The van der Waals surface area contributed by atoms with Crippen LogP contribution >= 0.6 is 0 Å². The Morgan fingerprint density at radius 1 is 1.24 bits per heavy atom. The quantitative estimate of drug-likeness (QED) is 0.885. The fourth-order valence-corrected chi connectivity index (χ4v) is 3.03. The molecule has 0 spiro atoms. The van der Waals surface area contributed by atoms with E-state index in [-0.39, 0.29) is 0 Å². The Morgan fingerprint density at radius 3 is 3.00 bits per heavy atom. The van der Waals surface area contributed by atoms with Crippen LogP contribution in [0.4, 0.5) is 0 Å². The molecule has 0 aromatic heterocycles. The van der Waals surface area contributed by atoms with E-state index in [9.17, 15) is 5.11 Å². The molecule has 1 unspecified atom stereocenters. The number of nitrogens with one attached hydrogen (secondary N) is 1. The zero-order chi connectivity index (χ0) is 14.7. The smallest absolute Gasteiger partial charge is 0.119 e. The van der Waals surface area contributed by atoms with E-state index >= 15 is 0 Å². The van der Waals surface area contributed by atoms with Crippen molar-refractivity contribution < 1.29 is 9.84 Å². The molecule has 0 amide bonds. The number of phenols is 1. The number of phenolic OH excluding ortho intramolecular Hbond substituents is 1. The minimum atomic E-state index is 0.366. The van der Waals surface area contributed by atoms with Gasteiger partial charge < -0.3 is 15.2 Å². The average Bonchev–Trinajstić information content (AvgIpc) is 2.90. The Hall–Kier alpha value is -2.00. The highest BCUT2D eigenvalue weighted by Gasteiger charge is 2.21. The summed E-state index contributed by atoms with van der Waals surface area (Å²) in [6, 6.07) is 14.3. The first kappa shape index (κ1) is 14.0. The Balaban J connectivity index is 1.57. The summed E-state index contributed by atoms with van der Waals surface area (Å²) in [6.07, 6.45) is 3.14. The van der Waals surface area contributed by atoms with Crippen LogP contribution in [0.1, 0.15) is 29.2 Å². The summed E-state index contributed by atoms with van der Waals surface area (Å²) in [5, 5.41) is 13.1. The summed E-state index contributed by atoms with van der Waals surface area (Å²) in [7, 11) is 1.70. The maximum Gasteiger partial charge on any atom is 0.119 e. The third-order valence-electron chi connectivity index (χ3n) is 4.14. The zero-order valence-corrected chi connectivity index (χ0v) is 12.3. The molecule has 2 N–H and O–H groups in total. The molecule has 1 aliphatic carbocycles. The Morgan fingerprint density at radius 2 is 2.14 bits per heavy atom. The third kappa shape index (κ3) is 3.19. The van der Waals surface area contributed by atoms with E-state index < -0.39 is 0 Å². The molecule has 0 heterocycles. The maximum atomic E-state index is 9.52. The standard InChI is InChI=1S/C18H21NO2/c1-21-16-4-2-3-13(11-16)9-10-19-18-8-5-14-12-15(20)6-7-17(14)18/h2-4,6-7,11-12,18-20H,5,8-10H2,1H3. The number of ether oxygens (including phenoxy) is 1. The lowest BCUT2D eigenvalue weighted by molar-refractivity contribution is 0.414. The number of hydrogen-bond acceptors (Lipinski definition) is 3. The zero-order valence-electron chi connectivity index (χ0n) is 12.3. The molecule has 0 fully saturated rings. The van der Waals surface area contributed by atoms with Gasteiger partial charge in [-0.05, 0) is 66.8 Å². The molecule has 2 aromatic carbocycles. The first-order chi connectivity index (χ1) is 10.3. The molecule has 0 aliphatic heterocycles. The summed E-state index contributed by atoms with van der Waals surface area (Å²) in [4.78, 5) is 0. The van der Waals surface area contributed by atoms with Crippen LogP contribution in [0.25, 0.3) is 0 Å². The number of fused-ring (bicyclic) bond motifs is 1. The highest BCUT2D eigenvalue weighted by molar-refractivity contribution is 5.40. The molecule has 2 aromatic rings. The first-order valence-electron chi connectivity index (χ1n) is 7.44. The van der Waals surface area contributed by atoms with Gasteiger partial charge in [0, 0.05) is 6.04 Å². The lowest BCUT2D eigenvalue weighted by Crippen LogP contribution is -2.21. The summed E-state index contributed by atoms with van der Waals surface area (Å²) in [6.45, 7) is 0.943. The number of hydrogen-bond donors (Lipinski definition) is 2.